The number of piperidine rings is 1. The number of hydrogen-bond donors (Lipinski definition) is 1. The van der Waals surface area contributed by atoms with E-state index in [1.807, 2.05) is 0 Å². The summed E-state index contributed by atoms with van der Waals surface area (Å²) < 4.78 is 24.0. The van der Waals surface area contributed by atoms with E-state index >= 15 is 0 Å². The molecule has 0 aromatic heterocycles. The number of imide groups is 2. The van der Waals surface area contributed by atoms with E-state index in [9.17, 15) is 23.6 Å². The molecule has 118 valence electrons. The van der Waals surface area contributed by atoms with Crippen LogP contribution in [0.4, 0.5) is 4.39 Å². The van der Waals surface area contributed by atoms with E-state index in [0.29, 0.717) is 0 Å². The van der Waals surface area contributed by atoms with E-state index in [1.165, 1.54) is 0 Å². The van der Waals surface area contributed by atoms with Gasteiger partial charge in [-0.2, -0.15) is 0 Å². The summed E-state index contributed by atoms with van der Waals surface area (Å²) in [6.07, 6.45) is 0.0358. The van der Waals surface area contributed by atoms with Crippen LogP contribution in [-0.2, 0) is 9.59 Å². The number of carbonyl (C=O) groups excluding carboxylic acids is 4. The average molecular weight is 320 g/mol. The van der Waals surface area contributed by atoms with Gasteiger partial charge in [0.15, 0.2) is 11.6 Å². The molecule has 3 aliphatic rings. The summed E-state index contributed by atoms with van der Waals surface area (Å²) in [6.45, 7) is -0.261. The molecule has 3 aliphatic heterocycles. The quantitative estimate of drug-likeness (QED) is 0.728. The van der Waals surface area contributed by atoms with Crippen molar-refractivity contribution in [3.05, 3.63) is 23.0 Å². The number of halogens is 1. The minimum atomic E-state index is -1.11. The van der Waals surface area contributed by atoms with Gasteiger partial charge in [-0.1, -0.05) is 0 Å². The Balaban J connectivity index is 1.79. The zero-order valence-electron chi connectivity index (χ0n) is 11.6. The van der Waals surface area contributed by atoms with Crippen molar-refractivity contribution in [3.8, 4) is 11.5 Å². The molecule has 1 N–H and O–H groups in total. The molecule has 9 heteroatoms. The molecule has 1 fully saturated rings. The van der Waals surface area contributed by atoms with Crippen LogP contribution in [0, 0.1) is 5.82 Å². The first-order chi connectivity index (χ1) is 11.0. The van der Waals surface area contributed by atoms with Gasteiger partial charge in [0, 0.05) is 6.42 Å². The molecule has 1 saturated heterocycles. The summed E-state index contributed by atoms with van der Waals surface area (Å²) in [6, 6.07) is -0.212. The molecule has 3 heterocycles. The number of rotatable bonds is 1. The number of nitrogens with zero attached hydrogens (tertiary/aromatic N) is 1. The van der Waals surface area contributed by atoms with E-state index in [1.54, 1.807) is 0 Å². The second-order valence-corrected chi connectivity index (χ2v) is 5.29. The zero-order chi connectivity index (χ0) is 16.3. The molecule has 23 heavy (non-hydrogen) atoms. The van der Waals surface area contributed by atoms with Crippen molar-refractivity contribution in [3.63, 3.8) is 0 Å². The summed E-state index contributed by atoms with van der Waals surface area (Å²) >= 11 is 0. The molecule has 1 aromatic rings. The fourth-order valence-corrected chi connectivity index (χ4v) is 2.96. The second kappa shape index (κ2) is 4.51. The van der Waals surface area contributed by atoms with Crippen LogP contribution in [0.25, 0.3) is 0 Å². The lowest BCUT2D eigenvalue weighted by Crippen LogP contribution is -2.54. The Bertz CT molecular complexity index is 805. The number of ether oxygens (including phenoxy) is 2. The third-order valence-electron chi connectivity index (χ3n) is 4.00. The van der Waals surface area contributed by atoms with E-state index in [2.05, 4.69) is 5.32 Å². The maximum atomic E-state index is 13.9. The van der Waals surface area contributed by atoms with Crippen molar-refractivity contribution in [1.29, 1.82) is 0 Å². The van der Waals surface area contributed by atoms with Gasteiger partial charge in [-0.05, 0) is 12.5 Å². The predicted molar refractivity (Wildman–Crippen MR) is 69.2 cm³/mol. The first kappa shape index (κ1) is 13.7. The van der Waals surface area contributed by atoms with Crippen LogP contribution >= 0.6 is 0 Å². The molecule has 1 atom stereocenters. The number of amides is 4. The lowest BCUT2D eigenvalue weighted by molar-refractivity contribution is -0.136. The average Bonchev–Trinajstić information content (AvgIpc) is 3.06. The van der Waals surface area contributed by atoms with Gasteiger partial charge in [-0.25, -0.2) is 4.39 Å². The lowest BCUT2D eigenvalue weighted by Gasteiger charge is -2.27. The highest BCUT2D eigenvalue weighted by Crippen LogP contribution is 2.44. The predicted octanol–water partition coefficient (Wildman–Crippen LogP) is -0.0444. The number of benzene rings is 1. The van der Waals surface area contributed by atoms with Crippen molar-refractivity contribution in [1.82, 2.24) is 10.2 Å². The molecular formula is C14H9FN2O6. The Labute approximate surface area is 128 Å². The summed E-state index contributed by atoms with van der Waals surface area (Å²) in [5.74, 6) is -3.93. The van der Waals surface area contributed by atoms with E-state index in [-0.39, 0.29) is 42.3 Å². The summed E-state index contributed by atoms with van der Waals surface area (Å²) in [4.78, 5) is 48.9. The van der Waals surface area contributed by atoms with Crippen LogP contribution in [0.2, 0.25) is 0 Å². The van der Waals surface area contributed by atoms with Crippen LogP contribution in [0.3, 0.4) is 0 Å². The molecular weight excluding hydrogens is 311 g/mol. The zero-order valence-corrected chi connectivity index (χ0v) is 11.6. The van der Waals surface area contributed by atoms with Crippen LogP contribution in [0.1, 0.15) is 33.6 Å². The Morgan fingerprint density at radius 3 is 2.61 bits per heavy atom. The molecule has 0 bridgehead atoms. The van der Waals surface area contributed by atoms with Gasteiger partial charge >= 0.3 is 0 Å². The van der Waals surface area contributed by atoms with Crippen molar-refractivity contribution >= 4 is 23.6 Å². The van der Waals surface area contributed by atoms with E-state index in [0.717, 1.165) is 11.0 Å². The molecule has 8 nitrogen and oxygen atoms in total. The molecule has 1 aromatic carbocycles. The minimum Gasteiger partial charge on any atom is -0.453 e. The first-order valence-corrected chi connectivity index (χ1v) is 6.82. The van der Waals surface area contributed by atoms with Crippen molar-refractivity contribution in [2.75, 3.05) is 6.79 Å². The topological polar surface area (TPSA) is 102 Å². The normalized spacial score (nSPS) is 22.5. The number of hydrogen-bond acceptors (Lipinski definition) is 6. The molecule has 1 unspecified atom stereocenters. The minimum absolute atomic E-state index is 0.00981. The van der Waals surface area contributed by atoms with Crippen LogP contribution in [0.5, 0.6) is 11.5 Å². The fourth-order valence-electron chi connectivity index (χ4n) is 2.96. The fraction of sp³-hybridized carbons (Fsp3) is 0.286. The monoisotopic (exact) mass is 320 g/mol. The largest absolute Gasteiger partial charge is 0.453 e. The van der Waals surface area contributed by atoms with Crippen LogP contribution < -0.4 is 14.8 Å². The van der Waals surface area contributed by atoms with Crippen molar-refractivity contribution in [2.24, 2.45) is 0 Å². The van der Waals surface area contributed by atoms with Crippen molar-refractivity contribution < 1.29 is 33.0 Å². The van der Waals surface area contributed by atoms with Crippen LogP contribution in [0.15, 0.2) is 6.07 Å². The van der Waals surface area contributed by atoms with Gasteiger partial charge in [0.25, 0.3) is 11.8 Å². The van der Waals surface area contributed by atoms with E-state index < -0.39 is 35.5 Å². The first-order valence-electron chi connectivity index (χ1n) is 6.82. The van der Waals surface area contributed by atoms with Gasteiger partial charge in [0.1, 0.15) is 6.04 Å². The van der Waals surface area contributed by atoms with Crippen molar-refractivity contribution in [2.45, 2.75) is 18.9 Å². The molecule has 0 radical (unpaired) electrons. The Morgan fingerprint density at radius 1 is 1.13 bits per heavy atom. The van der Waals surface area contributed by atoms with Gasteiger partial charge in [-0.15, -0.1) is 0 Å². The maximum absolute atomic E-state index is 13.9. The molecule has 0 aliphatic carbocycles. The standard InChI is InChI=1S/C14H9FN2O6/c15-6-3-5-9(11-10(6)22-4-23-11)14(21)17(13(5)20)7-1-2-8(18)16-12(7)19/h3,7H,1-2,4H2,(H,16,18,19). The molecule has 0 saturated carbocycles. The van der Waals surface area contributed by atoms with Gasteiger partial charge in [0.2, 0.25) is 24.4 Å². The number of nitrogens with one attached hydrogen (secondary N) is 1. The highest BCUT2D eigenvalue weighted by atomic mass is 19.1. The molecule has 0 spiro atoms. The second-order valence-electron chi connectivity index (χ2n) is 5.29. The Kier molecular flexibility index (Phi) is 2.68. The smallest absolute Gasteiger partial charge is 0.266 e. The van der Waals surface area contributed by atoms with E-state index in [4.69, 9.17) is 9.47 Å². The maximum Gasteiger partial charge on any atom is 0.266 e. The van der Waals surface area contributed by atoms with Gasteiger partial charge < -0.3 is 9.47 Å². The lowest BCUT2D eigenvalue weighted by atomic mass is 10.0. The summed E-state index contributed by atoms with van der Waals surface area (Å²) in [7, 11) is 0. The third kappa shape index (κ3) is 1.76. The van der Waals surface area contributed by atoms with Gasteiger partial charge in [0.05, 0.1) is 11.1 Å². The highest BCUT2D eigenvalue weighted by molar-refractivity contribution is 6.25. The molecule has 4 rings (SSSR count). The molecule has 4 amide bonds. The Morgan fingerprint density at radius 2 is 1.87 bits per heavy atom. The SMILES string of the molecule is O=C1CCC(N2C(=O)c3cc(F)c4c(c3C2=O)OCO4)C(=O)N1. The third-order valence-corrected chi connectivity index (χ3v) is 4.00. The Hall–Kier alpha value is -2.97. The van der Waals surface area contributed by atoms with Crippen LogP contribution in [-0.4, -0.2) is 41.4 Å². The summed E-state index contributed by atoms with van der Waals surface area (Å²) in [5, 5.41) is 2.08. The number of fused-ring (bicyclic) bond motifs is 3. The van der Waals surface area contributed by atoms with Gasteiger partial charge in [-0.3, -0.25) is 29.4 Å². The number of carbonyl (C=O) groups is 4. The highest BCUT2D eigenvalue weighted by Gasteiger charge is 2.48. The summed E-state index contributed by atoms with van der Waals surface area (Å²) in [5.41, 5.74) is -0.296.